The molecule has 4 nitrogen and oxygen atoms in total. The smallest absolute Gasteiger partial charge is 0.238 e. The van der Waals surface area contributed by atoms with E-state index in [-0.39, 0.29) is 5.91 Å². The highest BCUT2D eigenvalue weighted by atomic mass is 16.1. The summed E-state index contributed by atoms with van der Waals surface area (Å²) in [7, 11) is 0. The van der Waals surface area contributed by atoms with Crippen LogP contribution in [0.25, 0.3) is 0 Å². The highest BCUT2D eigenvalue weighted by Gasteiger charge is 2.38. The van der Waals surface area contributed by atoms with E-state index in [0.717, 1.165) is 19.6 Å². The van der Waals surface area contributed by atoms with Crippen molar-refractivity contribution in [3.8, 4) is 0 Å². The van der Waals surface area contributed by atoms with Crippen molar-refractivity contribution in [3.63, 3.8) is 0 Å². The zero-order chi connectivity index (χ0) is 11.6. The maximum atomic E-state index is 11.6. The minimum atomic E-state index is -0.543. The molecule has 0 aromatic heterocycles. The zero-order valence-corrected chi connectivity index (χ0v) is 10.2. The average molecular weight is 225 g/mol. The molecule has 1 saturated heterocycles. The van der Waals surface area contributed by atoms with Crippen LogP contribution >= 0.6 is 0 Å². The number of primary amides is 1. The number of nitrogens with zero attached hydrogens (tertiary/aromatic N) is 1. The summed E-state index contributed by atoms with van der Waals surface area (Å²) in [5.74, 6) is -0.218. The molecule has 0 bridgehead atoms. The van der Waals surface area contributed by atoms with Gasteiger partial charge in [0.1, 0.15) is 5.54 Å². The van der Waals surface area contributed by atoms with Gasteiger partial charge in [-0.1, -0.05) is 6.42 Å². The summed E-state index contributed by atoms with van der Waals surface area (Å²) in [5.41, 5.74) is 4.99. The maximum Gasteiger partial charge on any atom is 0.238 e. The van der Waals surface area contributed by atoms with Gasteiger partial charge in [0.05, 0.1) is 0 Å². The minimum Gasteiger partial charge on any atom is -0.368 e. The molecule has 1 aliphatic heterocycles. The third-order valence-electron chi connectivity index (χ3n) is 3.63. The number of rotatable bonds is 5. The lowest BCUT2D eigenvalue weighted by Gasteiger charge is -2.36. The Morgan fingerprint density at radius 2 is 2.00 bits per heavy atom. The molecule has 1 amide bonds. The first-order valence-corrected chi connectivity index (χ1v) is 6.40. The van der Waals surface area contributed by atoms with Gasteiger partial charge < -0.3 is 10.6 Å². The van der Waals surface area contributed by atoms with Crippen LogP contribution in [0.1, 0.15) is 39.0 Å². The summed E-state index contributed by atoms with van der Waals surface area (Å²) in [4.78, 5) is 14.0. The van der Waals surface area contributed by atoms with Crippen LogP contribution in [0.15, 0.2) is 0 Å². The highest BCUT2D eigenvalue weighted by Crippen LogP contribution is 2.23. The van der Waals surface area contributed by atoms with Crippen molar-refractivity contribution in [1.29, 1.82) is 0 Å². The van der Waals surface area contributed by atoms with Crippen LogP contribution in [-0.4, -0.2) is 42.0 Å². The lowest BCUT2D eigenvalue weighted by atomic mass is 9.99. The van der Waals surface area contributed by atoms with Gasteiger partial charge in [-0.25, -0.2) is 0 Å². The van der Waals surface area contributed by atoms with Crippen molar-refractivity contribution in [1.82, 2.24) is 10.2 Å². The molecule has 1 atom stereocenters. The summed E-state index contributed by atoms with van der Waals surface area (Å²) >= 11 is 0. The van der Waals surface area contributed by atoms with Gasteiger partial charge in [0, 0.05) is 12.6 Å². The quantitative estimate of drug-likeness (QED) is 0.715. The number of carbonyl (C=O) groups excluding carboxylic acids is 1. The number of carbonyl (C=O) groups is 1. The van der Waals surface area contributed by atoms with E-state index in [4.69, 9.17) is 5.73 Å². The molecule has 0 aromatic carbocycles. The van der Waals surface area contributed by atoms with Crippen LogP contribution in [0.4, 0.5) is 0 Å². The highest BCUT2D eigenvalue weighted by molar-refractivity contribution is 5.84. The minimum absolute atomic E-state index is 0.218. The SMILES string of the molecule is CC(CN1CCCCC1)(NC1CC1)C(N)=O. The van der Waals surface area contributed by atoms with E-state index in [1.807, 2.05) is 6.92 Å². The van der Waals surface area contributed by atoms with Crippen LogP contribution in [0, 0.1) is 0 Å². The van der Waals surface area contributed by atoms with Crippen molar-refractivity contribution in [2.24, 2.45) is 5.73 Å². The second-order valence-electron chi connectivity index (χ2n) is 5.45. The summed E-state index contributed by atoms with van der Waals surface area (Å²) in [6, 6.07) is 0.516. The topological polar surface area (TPSA) is 58.4 Å². The Morgan fingerprint density at radius 3 is 2.50 bits per heavy atom. The van der Waals surface area contributed by atoms with E-state index < -0.39 is 5.54 Å². The molecule has 0 aromatic rings. The van der Waals surface area contributed by atoms with Crippen molar-refractivity contribution in [3.05, 3.63) is 0 Å². The molecule has 16 heavy (non-hydrogen) atoms. The van der Waals surface area contributed by atoms with Gasteiger partial charge >= 0.3 is 0 Å². The average Bonchev–Trinajstić information content (AvgIpc) is 3.02. The van der Waals surface area contributed by atoms with Gasteiger partial charge in [-0.2, -0.15) is 0 Å². The van der Waals surface area contributed by atoms with Crippen LogP contribution in [0.5, 0.6) is 0 Å². The third kappa shape index (κ3) is 2.95. The molecule has 0 spiro atoms. The number of likely N-dealkylation sites (tertiary alicyclic amines) is 1. The van der Waals surface area contributed by atoms with Gasteiger partial charge in [-0.15, -0.1) is 0 Å². The molecular weight excluding hydrogens is 202 g/mol. The molecule has 2 fully saturated rings. The second-order valence-corrected chi connectivity index (χ2v) is 5.45. The van der Waals surface area contributed by atoms with Gasteiger partial charge in [-0.3, -0.25) is 10.1 Å². The maximum absolute atomic E-state index is 11.6. The second kappa shape index (κ2) is 4.72. The molecule has 92 valence electrons. The fraction of sp³-hybridized carbons (Fsp3) is 0.917. The number of amides is 1. The Kier molecular flexibility index (Phi) is 3.50. The number of hydrogen-bond donors (Lipinski definition) is 2. The first kappa shape index (κ1) is 11.9. The molecule has 1 saturated carbocycles. The van der Waals surface area contributed by atoms with Crippen molar-refractivity contribution < 1.29 is 4.79 Å². The monoisotopic (exact) mass is 225 g/mol. The molecule has 0 radical (unpaired) electrons. The Balaban J connectivity index is 1.91. The standard InChI is InChI=1S/C12H23N3O/c1-12(11(13)16,14-10-5-6-10)9-15-7-3-2-4-8-15/h10,14H,2-9H2,1H3,(H2,13,16). The lowest BCUT2D eigenvalue weighted by molar-refractivity contribution is -0.124. The van der Waals surface area contributed by atoms with Gasteiger partial charge in [0.15, 0.2) is 0 Å². The van der Waals surface area contributed by atoms with Gasteiger partial charge in [-0.05, 0) is 45.7 Å². The van der Waals surface area contributed by atoms with Gasteiger partial charge in [0.25, 0.3) is 0 Å². The summed E-state index contributed by atoms with van der Waals surface area (Å²) < 4.78 is 0. The first-order valence-electron chi connectivity index (χ1n) is 6.40. The first-order chi connectivity index (χ1) is 7.60. The normalized spacial score (nSPS) is 26.3. The molecule has 3 N–H and O–H groups in total. The van der Waals surface area contributed by atoms with E-state index in [2.05, 4.69) is 10.2 Å². The summed E-state index contributed by atoms with van der Waals surface area (Å²) in [6.07, 6.45) is 6.18. The van der Waals surface area contributed by atoms with Crippen LogP contribution in [-0.2, 0) is 4.79 Å². The number of piperidine rings is 1. The fourth-order valence-corrected chi connectivity index (χ4v) is 2.44. The summed E-state index contributed by atoms with van der Waals surface area (Å²) in [6.45, 7) is 4.92. The lowest BCUT2D eigenvalue weighted by Crippen LogP contribution is -2.60. The fourth-order valence-electron chi connectivity index (χ4n) is 2.44. The molecular formula is C12H23N3O. The van der Waals surface area contributed by atoms with Gasteiger partial charge in [0.2, 0.25) is 5.91 Å². The number of nitrogens with two attached hydrogens (primary N) is 1. The zero-order valence-electron chi connectivity index (χ0n) is 10.2. The van der Waals surface area contributed by atoms with E-state index in [9.17, 15) is 4.79 Å². The predicted octanol–water partition coefficient (Wildman–Crippen LogP) is 0.468. The van der Waals surface area contributed by atoms with Crippen LogP contribution in [0.3, 0.4) is 0 Å². The van der Waals surface area contributed by atoms with E-state index in [0.29, 0.717) is 6.04 Å². The predicted molar refractivity (Wildman–Crippen MR) is 64.0 cm³/mol. The molecule has 1 aliphatic carbocycles. The molecule has 1 unspecified atom stereocenters. The van der Waals surface area contributed by atoms with Crippen LogP contribution in [0.2, 0.25) is 0 Å². The van der Waals surface area contributed by atoms with Crippen molar-refractivity contribution in [2.45, 2.75) is 50.6 Å². The van der Waals surface area contributed by atoms with E-state index >= 15 is 0 Å². The number of nitrogens with one attached hydrogen (secondary N) is 1. The third-order valence-corrected chi connectivity index (χ3v) is 3.63. The number of hydrogen-bond acceptors (Lipinski definition) is 3. The molecule has 2 aliphatic rings. The van der Waals surface area contributed by atoms with Crippen molar-refractivity contribution >= 4 is 5.91 Å². The summed E-state index contributed by atoms with van der Waals surface area (Å²) in [5, 5.41) is 3.40. The molecule has 2 rings (SSSR count). The van der Waals surface area contributed by atoms with E-state index in [1.165, 1.54) is 32.1 Å². The van der Waals surface area contributed by atoms with Crippen molar-refractivity contribution in [2.75, 3.05) is 19.6 Å². The molecule has 4 heteroatoms. The van der Waals surface area contributed by atoms with E-state index in [1.54, 1.807) is 0 Å². The Bertz CT molecular complexity index is 259. The Hall–Kier alpha value is -0.610. The molecule has 1 heterocycles. The largest absolute Gasteiger partial charge is 0.368 e. The van der Waals surface area contributed by atoms with Crippen LogP contribution < -0.4 is 11.1 Å². The Morgan fingerprint density at radius 1 is 1.38 bits per heavy atom. The Labute approximate surface area is 97.6 Å².